The molecule has 6 heteroatoms. The number of hydrogen-bond donors (Lipinski definition) is 2. The van der Waals surface area contributed by atoms with Gasteiger partial charge in [-0.25, -0.2) is 5.43 Å². The third-order valence-corrected chi connectivity index (χ3v) is 6.36. The predicted octanol–water partition coefficient (Wildman–Crippen LogP) is 6.01. The van der Waals surface area contributed by atoms with E-state index in [1.54, 1.807) is 0 Å². The van der Waals surface area contributed by atoms with Crippen LogP contribution in [0, 0.1) is 24.7 Å². The van der Waals surface area contributed by atoms with E-state index in [9.17, 15) is 0 Å². The zero-order valence-corrected chi connectivity index (χ0v) is 18.4. The highest BCUT2D eigenvalue weighted by Crippen LogP contribution is 2.35. The summed E-state index contributed by atoms with van der Waals surface area (Å²) in [6.07, 6.45) is 10.7. The lowest BCUT2D eigenvalue weighted by molar-refractivity contribution is 0.235. The van der Waals surface area contributed by atoms with Crippen LogP contribution >= 0.6 is 0 Å². The summed E-state index contributed by atoms with van der Waals surface area (Å²) in [5.41, 5.74) is 8.16. The minimum atomic E-state index is 0.422. The maximum atomic E-state index is 4.56. The fourth-order valence-electron chi connectivity index (χ4n) is 4.60. The van der Waals surface area contributed by atoms with E-state index in [0.717, 1.165) is 28.0 Å². The minimum Gasteiger partial charge on any atom is -0.337 e. The maximum absolute atomic E-state index is 4.56. The molecule has 2 N–H and O–H groups in total. The number of fused-ring (bicyclic) bond motifs is 3. The summed E-state index contributed by atoms with van der Waals surface area (Å²) in [6, 6.07) is 6.15. The summed E-state index contributed by atoms with van der Waals surface area (Å²) < 4.78 is 0. The summed E-state index contributed by atoms with van der Waals surface area (Å²) in [7, 11) is 0. The number of aryl methyl sites for hydroxylation is 1. The van der Waals surface area contributed by atoms with Gasteiger partial charge in [0.2, 0.25) is 0 Å². The van der Waals surface area contributed by atoms with Crippen molar-refractivity contribution in [1.29, 1.82) is 0 Å². The number of aromatic nitrogens is 4. The third kappa shape index (κ3) is 4.53. The third-order valence-electron chi connectivity index (χ3n) is 6.36. The quantitative estimate of drug-likeness (QED) is 0.299. The summed E-state index contributed by atoms with van der Waals surface area (Å²) in [6.45, 7) is 8.78. The standard InChI is InChI=1S/C24H32N6/c1-15(2)7-5-9-18-11-12-19(17(4)13-18)14-25-29-24-27-23-22(28-30-24)20-10-6-8-16(3)21(20)26-23/h6-8,10,14,17-19H,5,9,11-13H2,1-4H3,(H2,26,27,29,30)/b25-14+/t17-,18-,19-/m0/s1. The highest BCUT2D eigenvalue weighted by molar-refractivity contribution is 6.04. The van der Waals surface area contributed by atoms with Gasteiger partial charge in [-0.2, -0.15) is 10.1 Å². The average Bonchev–Trinajstić information content (AvgIpc) is 3.09. The summed E-state index contributed by atoms with van der Waals surface area (Å²) in [5, 5.41) is 14.1. The molecule has 0 unspecified atom stereocenters. The van der Waals surface area contributed by atoms with Gasteiger partial charge in [-0.15, -0.1) is 10.2 Å². The molecule has 0 bridgehead atoms. The molecule has 158 valence electrons. The van der Waals surface area contributed by atoms with Gasteiger partial charge in [0.25, 0.3) is 5.95 Å². The van der Waals surface area contributed by atoms with Crippen molar-refractivity contribution < 1.29 is 0 Å². The van der Waals surface area contributed by atoms with E-state index in [2.05, 4.69) is 70.5 Å². The summed E-state index contributed by atoms with van der Waals surface area (Å²) in [4.78, 5) is 7.91. The van der Waals surface area contributed by atoms with Crippen molar-refractivity contribution in [2.75, 3.05) is 5.43 Å². The number of H-pyrrole nitrogens is 1. The second kappa shape index (κ2) is 8.94. The van der Waals surface area contributed by atoms with Gasteiger partial charge in [0.15, 0.2) is 5.65 Å². The van der Waals surface area contributed by atoms with Gasteiger partial charge in [-0.3, -0.25) is 0 Å². The van der Waals surface area contributed by atoms with Crippen LogP contribution in [0.15, 0.2) is 34.9 Å². The Morgan fingerprint density at radius 1 is 1.27 bits per heavy atom. The second-order valence-electron chi connectivity index (χ2n) is 9.02. The SMILES string of the molecule is CC(C)=CCC[C@H]1CC[C@@H](/C=N/Nc2nnc3c(n2)[nH]c2c(C)cccc23)[C@@H](C)C1. The maximum Gasteiger partial charge on any atom is 0.265 e. The highest BCUT2D eigenvalue weighted by atomic mass is 15.4. The van der Waals surface area contributed by atoms with E-state index in [-0.39, 0.29) is 0 Å². The number of allylic oxidation sites excluding steroid dienone is 2. The molecule has 0 saturated heterocycles. The molecule has 1 aliphatic rings. The fourth-order valence-corrected chi connectivity index (χ4v) is 4.60. The van der Waals surface area contributed by atoms with Crippen LogP contribution < -0.4 is 5.43 Å². The van der Waals surface area contributed by atoms with Crippen molar-refractivity contribution in [3.8, 4) is 0 Å². The Kier molecular flexibility index (Phi) is 6.11. The first-order valence-electron chi connectivity index (χ1n) is 11.1. The smallest absolute Gasteiger partial charge is 0.265 e. The largest absolute Gasteiger partial charge is 0.337 e. The van der Waals surface area contributed by atoms with Crippen molar-refractivity contribution >= 4 is 34.2 Å². The fraction of sp³-hybridized carbons (Fsp3) is 0.500. The number of hydrogen-bond acceptors (Lipinski definition) is 5. The van der Waals surface area contributed by atoms with Gasteiger partial charge in [-0.05, 0) is 76.2 Å². The first kappa shape index (κ1) is 20.5. The Bertz CT molecular complexity index is 1080. The molecule has 2 heterocycles. The molecule has 1 aromatic carbocycles. The number of aromatic amines is 1. The first-order chi connectivity index (χ1) is 14.5. The molecule has 0 aliphatic heterocycles. The molecule has 0 amide bonds. The van der Waals surface area contributed by atoms with Crippen LogP contribution in [0.2, 0.25) is 0 Å². The molecule has 0 spiro atoms. The van der Waals surface area contributed by atoms with Crippen LogP contribution in [-0.4, -0.2) is 26.4 Å². The number of nitrogens with zero attached hydrogens (tertiary/aromatic N) is 4. The first-order valence-corrected chi connectivity index (χ1v) is 11.1. The molecule has 4 rings (SSSR count). The van der Waals surface area contributed by atoms with Crippen LogP contribution in [-0.2, 0) is 0 Å². The molecular weight excluding hydrogens is 372 g/mol. The molecule has 3 aromatic rings. The van der Waals surface area contributed by atoms with Crippen LogP contribution in [0.3, 0.4) is 0 Å². The van der Waals surface area contributed by atoms with E-state index >= 15 is 0 Å². The zero-order chi connectivity index (χ0) is 21.1. The van der Waals surface area contributed by atoms with E-state index in [1.165, 1.54) is 43.2 Å². The molecule has 6 nitrogen and oxygen atoms in total. The van der Waals surface area contributed by atoms with Gasteiger partial charge in [-0.1, -0.05) is 36.8 Å². The summed E-state index contributed by atoms with van der Waals surface area (Å²) >= 11 is 0. The van der Waals surface area contributed by atoms with Gasteiger partial charge in [0, 0.05) is 11.6 Å². The van der Waals surface area contributed by atoms with Crippen molar-refractivity contribution in [2.45, 2.75) is 59.8 Å². The van der Waals surface area contributed by atoms with Gasteiger partial charge < -0.3 is 4.98 Å². The minimum absolute atomic E-state index is 0.422. The molecule has 30 heavy (non-hydrogen) atoms. The molecule has 2 aromatic heterocycles. The van der Waals surface area contributed by atoms with Crippen LogP contribution in [0.5, 0.6) is 0 Å². The lowest BCUT2D eigenvalue weighted by Gasteiger charge is -2.32. The van der Waals surface area contributed by atoms with Crippen molar-refractivity contribution in [1.82, 2.24) is 20.2 Å². The van der Waals surface area contributed by atoms with Gasteiger partial charge in [0.05, 0.1) is 5.52 Å². The molecule has 1 aliphatic carbocycles. The molecule has 1 fully saturated rings. The summed E-state index contributed by atoms with van der Waals surface area (Å²) in [5.74, 6) is 2.42. The molecule has 0 radical (unpaired) electrons. The molecule has 3 atom stereocenters. The van der Waals surface area contributed by atoms with Crippen LogP contribution in [0.4, 0.5) is 5.95 Å². The van der Waals surface area contributed by atoms with Crippen LogP contribution in [0.1, 0.15) is 58.4 Å². The number of rotatable bonds is 6. The number of hydrazone groups is 1. The van der Waals surface area contributed by atoms with E-state index in [0.29, 0.717) is 17.8 Å². The Morgan fingerprint density at radius 3 is 2.93 bits per heavy atom. The Labute approximate surface area is 178 Å². The van der Waals surface area contributed by atoms with Crippen molar-refractivity contribution in [2.24, 2.45) is 22.9 Å². The predicted molar refractivity (Wildman–Crippen MR) is 125 cm³/mol. The van der Waals surface area contributed by atoms with Crippen LogP contribution in [0.25, 0.3) is 22.1 Å². The monoisotopic (exact) mass is 404 g/mol. The number of nitrogens with one attached hydrogen (secondary N) is 2. The van der Waals surface area contributed by atoms with Crippen molar-refractivity contribution in [3.05, 3.63) is 35.4 Å². The van der Waals surface area contributed by atoms with E-state index < -0.39 is 0 Å². The topological polar surface area (TPSA) is 78.8 Å². The van der Waals surface area contributed by atoms with Gasteiger partial charge >= 0.3 is 0 Å². The number of benzene rings is 1. The highest BCUT2D eigenvalue weighted by Gasteiger charge is 2.26. The Balaban J connectivity index is 1.36. The molecular formula is C24H32N6. The van der Waals surface area contributed by atoms with E-state index in [1.807, 2.05) is 18.3 Å². The lowest BCUT2D eigenvalue weighted by atomic mass is 9.74. The van der Waals surface area contributed by atoms with E-state index in [4.69, 9.17) is 0 Å². The number of anilines is 1. The van der Waals surface area contributed by atoms with Crippen molar-refractivity contribution in [3.63, 3.8) is 0 Å². The lowest BCUT2D eigenvalue weighted by Crippen LogP contribution is -2.24. The average molecular weight is 405 g/mol. The van der Waals surface area contributed by atoms with Gasteiger partial charge in [0.1, 0.15) is 5.52 Å². The molecule has 1 saturated carbocycles. The zero-order valence-electron chi connectivity index (χ0n) is 18.4. The Morgan fingerprint density at radius 2 is 2.13 bits per heavy atom. The number of para-hydroxylation sites is 1. The second-order valence-corrected chi connectivity index (χ2v) is 9.02. The normalized spacial score (nSPS) is 22.1. The Hall–Kier alpha value is -2.76.